The van der Waals surface area contributed by atoms with Gasteiger partial charge in [-0.25, -0.2) is 4.99 Å². The Morgan fingerprint density at radius 1 is 1.15 bits per heavy atom. The Kier molecular flexibility index (Phi) is 8.65. The highest BCUT2D eigenvalue weighted by atomic mass is 32.1. The summed E-state index contributed by atoms with van der Waals surface area (Å²) in [5.74, 6) is 1.46. The highest BCUT2D eigenvalue weighted by Gasteiger charge is 2.06. The van der Waals surface area contributed by atoms with Crippen LogP contribution >= 0.6 is 11.3 Å². The maximum absolute atomic E-state index is 4.76. The zero-order valence-electron chi connectivity index (χ0n) is 16.5. The van der Waals surface area contributed by atoms with Gasteiger partial charge in [0.25, 0.3) is 0 Å². The van der Waals surface area contributed by atoms with E-state index in [0.717, 1.165) is 32.0 Å². The van der Waals surface area contributed by atoms with Crippen LogP contribution < -0.4 is 10.6 Å². The molecule has 0 amide bonds. The highest BCUT2D eigenvalue weighted by molar-refractivity contribution is 7.09. The number of guanidine groups is 1. The first-order valence-corrected chi connectivity index (χ1v) is 10.2. The summed E-state index contributed by atoms with van der Waals surface area (Å²) < 4.78 is 0. The third kappa shape index (κ3) is 7.58. The number of benzene rings is 1. The van der Waals surface area contributed by atoms with Crippen LogP contribution in [0.15, 0.2) is 46.8 Å². The quantitative estimate of drug-likeness (QED) is 0.520. The molecule has 142 valence electrons. The van der Waals surface area contributed by atoms with Crippen molar-refractivity contribution in [3.63, 3.8) is 0 Å². The average molecular weight is 373 g/mol. The summed E-state index contributed by atoms with van der Waals surface area (Å²) in [6.07, 6.45) is 1.11. The van der Waals surface area contributed by atoms with E-state index in [-0.39, 0.29) is 0 Å². The van der Waals surface area contributed by atoms with Gasteiger partial charge in [-0.05, 0) is 55.9 Å². The van der Waals surface area contributed by atoms with E-state index in [0.29, 0.717) is 12.5 Å². The molecule has 1 atom stereocenters. The lowest BCUT2D eigenvalue weighted by Gasteiger charge is -2.15. The van der Waals surface area contributed by atoms with Gasteiger partial charge in [0.2, 0.25) is 0 Å². The fourth-order valence-electron chi connectivity index (χ4n) is 2.82. The first-order valence-electron chi connectivity index (χ1n) is 9.34. The highest BCUT2D eigenvalue weighted by Crippen LogP contribution is 2.13. The second kappa shape index (κ2) is 11.0. The minimum absolute atomic E-state index is 0.570. The van der Waals surface area contributed by atoms with E-state index < -0.39 is 0 Å². The Labute approximate surface area is 162 Å². The topological polar surface area (TPSA) is 39.7 Å². The third-order valence-corrected chi connectivity index (χ3v) is 4.90. The number of nitrogens with zero attached hydrogens (tertiary/aromatic N) is 2. The maximum Gasteiger partial charge on any atom is 0.191 e. The van der Waals surface area contributed by atoms with Crippen LogP contribution in [-0.4, -0.2) is 38.0 Å². The van der Waals surface area contributed by atoms with Crippen molar-refractivity contribution in [1.82, 2.24) is 15.5 Å². The maximum atomic E-state index is 4.76. The van der Waals surface area contributed by atoms with E-state index in [1.807, 2.05) is 11.3 Å². The van der Waals surface area contributed by atoms with E-state index in [2.05, 4.69) is 85.3 Å². The Hall–Kier alpha value is -1.85. The predicted molar refractivity (Wildman–Crippen MR) is 114 cm³/mol. The Bertz CT molecular complexity index is 664. The van der Waals surface area contributed by atoms with Gasteiger partial charge in [0, 0.05) is 24.5 Å². The molecule has 1 heterocycles. The number of aliphatic imine (C=N–C) groups is 1. The van der Waals surface area contributed by atoms with Crippen LogP contribution in [0.2, 0.25) is 0 Å². The number of rotatable bonds is 9. The van der Waals surface area contributed by atoms with Crippen LogP contribution in [0.25, 0.3) is 0 Å². The summed E-state index contributed by atoms with van der Waals surface area (Å²) in [5.41, 5.74) is 2.57. The second-order valence-electron chi connectivity index (χ2n) is 7.02. The molecule has 0 aliphatic heterocycles. The Balaban J connectivity index is 1.89. The number of nitrogens with one attached hydrogen (secondary N) is 2. The van der Waals surface area contributed by atoms with Gasteiger partial charge in [-0.2, -0.15) is 0 Å². The minimum Gasteiger partial charge on any atom is -0.357 e. The van der Waals surface area contributed by atoms with Crippen molar-refractivity contribution in [2.45, 2.75) is 33.4 Å². The lowest BCUT2D eigenvalue weighted by atomic mass is 10.1. The summed E-state index contributed by atoms with van der Waals surface area (Å²) >= 11 is 1.83. The third-order valence-electron chi connectivity index (χ3n) is 4.00. The molecule has 2 aromatic rings. The molecule has 0 aliphatic rings. The lowest BCUT2D eigenvalue weighted by molar-refractivity contribution is 0.402. The fraction of sp³-hybridized carbons (Fsp3) is 0.476. The SMILES string of the molecule is CCNC(=NCc1cccc(CN(C)C)c1)NCC(C)Cc1cccs1. The number of hydrogen-bond donors (Lipinski definition) is 2. The zero-order valence-corrected chi connectivity index (χ0v) is 17.3. The van der Waals surface area contributed by atoms with Crippen LogP contribution in [0.3, 0.4) is 0 Å². The van der Waals surface area contributed by atoms with Gasteiger partial charge in [-0.3, -0.25) is 0 Å². The molecular weight excluding hydrogens is 340 g/mol. The summed E-state index contributed by atoms with van der Waals surface area (Å²) in [7, 11) is 4.19. The van der Waals surface area contributed by atoms with Crippen molar-refractivity contribution in [2.24, 2.45) is 10.9 Å². The van der Waals surface area contributed by atoms with Crippen molar-refractivity contribution in [3.05, 3.63) is 57.8 Å². The molecule has 0 saturated carbocycles. The Morgan fingerprint density at radius 3 is 2.65 bits per heavy atom. The molecule has 0 radical (unpaired) electrons. The monoisotopic (exact) mass is 372 g/mol. The van der Waals surface area contributed by atoms with Gasteiger partial charge < -0.3 is 15.5 Å². The van der Waals surface area contributed by atoms with Gasteiger partial charge >= 0.3 is 0 Å². The molecule has 0 aliphatic carbocycles. The minimum atomic E-state index is 0.570. The van der Waals surface area contributed by atoms with Gasteiger partial charge in [0.1, 0.15) is 0 Å². The van der Waals surface area contributed by atoms with Crippen molar-refractivity contribution in [2.75, 3.05) is 27.2 Å². The largest absolute Gasteiger partial charge is 0.357 e. The van der Waals surface area contributed by atoms with Crippen molar-refractivity contribution in [1.29, 1.82) is 0 Å². The normalized spacial score (nSPS) is 13.0. The molecule has 0 saturated heterocycles. The number of thiophene rings is 1. The van der Waals surface area contributed by atoms with Crippen LogP contribution in [0.5, 0.6) is 0 Å². The van der Waals surface area contributed by atoms with Gasteiger partial charge in [0.05, 0.1) is 6.54 Å². The number of hydrogen-bond acceptors (Lipinski definition) is 3. The first kappa shape index (κ1) is 20.5. The van der Waals surface area contributed by atoms with Crippen LogP contribution in [-0.2, 0) is 19.5 Å². The second-order valence-corrected chi connectivity index (χ2v) is 8.05. The van der Waals surface area contributed by atoms with E-state index in [4.69, 9.17) is 4.99 Å². The molecule has 4 nitrogen and oxygen atoms in total. The summed E-state index contributed by atoms with van der Waals surface area (Å²) in [6.45, 7) is 7.81. The fourth-order valence-corrected chi connectivity index (χ4v) is 3.69. The lowest BCUT2D eigenvalue weighted by Crippen LogP contribution is -2.39. The molecule has 2 N–H and O–H groups in total. The van der Waals surface area contributed by atoms with Gasteiger partial charge in [-0.1, -0.05) is 37.3 Å². The van der Waals surface area contributed by atoms with Crippen LogP contribution in [0.4, 0.5) is 0 Å². The molecule has 1 aromatic carbocycles. The smallest absolute Gasteiger partial charge is 0.191 e. The molecule has 1 aromatic heterocycles. The summed E-state index contributed by atoms with van der Waals surface area (Å²) in [6, 6.07) is 13.0. The standard InChI is InChI=1S/C21H32N4S/c1-5-22-21(23-14-17(2)12-20-10-7-11-26-20)24-15-18-8-6-9-19(13-18)16-25(3)4/h6-11,13,17H,5,12,14-16H2,1-4H3,(H2,22,23,24). The van der Waals surface area contributed by atoms with Gasteiger partial charge in [0.15, 0.2) is 5.96 Å². The van der Waals surface area contributed by atoms with E-state index in [1.54, 1.807) is 0 Å². The molecule has 1 unspecified atom stereocenters. The first-order chi connectivity index (χ1) is 12.6. The van der Waals surface area contributed by atoms with E-state index in [1.165, 1.54) is 16.0 Å². The summed E-state index contributed by atoms with van der Waals surface area (Å²) in [4.78, 5) is 8.38. The average Bonchev–Trinajstić information content (AvgIpc) is 3.10. The molecular formula is C21H32N4S. The van der Waals surface area contributed by atoms with Crippen molar-refractivity contribution < 1.29 is 0 Å². The van der Waals surface area contributed by atoms with Crippen LogP contribution in [0, 0.1) is 5.92 Å². The molecule has 0 spiro atoms. The van der Waals surface area contributed by atoms with E-state index >= 15 is 0 Å². The predicted octanol–water partition coefficient (Wildman–Crippen LogP) is 3.74. The Morgan fingerprint density at radius 2 is 1.96 bits per heavy atom. The van der Waals surface area contributed by atoms with Crippen molar-refractivity contribution in [3.8, 4) is 0 Å². The van der Waals surface area contributed by atoms with E-state index in [9.17, 15) is 0 Å². The van der Waals surface area contributed by atoms with Crippen LogP contribution in [0.1, 0.15) is 29.9 Å². The molecule has 0 bridgehead atoms. The molecule has 2 rings (SSSR count). The summed E-state index contributed by atoms with van der Waals surface area (Å²) in [5, 5.41) is 8.98. The van der Waals surface area contributed by atoms with Gasteiger partial charge in [-0.15, -0.1) is 11.3 Å². The molecule has 26 heavy (non-hydrogen) atoms. The zero-order chi connectivity index (χ0) is 18.8. The van der Waals surface area contributed by atoms with Crippen molar-refractivity contribution >= 4 is 17.3 Å². The molecule has 5 heteroatoms. The molecule has 0 fully saturated rings.